The highest BCUT2D eigenvalue weighted by Gasteiger charge is 2.33. The molecule has 0 spiro atoms. The van der Waals surface area contributed by atoms with Crippen LogP contribution in [-0.4, -0.2) is 8.42 Å². The number of hydrogen-bond acceptors (Lipinski definition) is 4. The molecular formula is C12H11F3N2O2S2. The quantitative estimate of drug-likeness (QED) is 0.843. The SMILES string of the molecule is Cc1ccc(S(=O)(=O)Nc2ccc(N)c(C(F)(F)F)c2)s1. The van der Waals surface area contributed by atoms with Crippen LogP contribution in [0.2, 0.25) is 0 Å². The molecule has 3 N–H and O–H groups in total. The van der Waals surface area contributed by atoms with E-state index >= 15 is 0 Å². The molecule has 9 heteroatoms. The van der Waals surface area contributed by atoms with E-state index in [4.69, 9.17) is 5.73 Å². The maximum absolute atomic E-state index is 12.7. The van der Waals surface area contributed by atoms with Gasteiger partial charge in [-0.2, -0.15) is 13.2 Å². The molecule has 0 fully saturated rings. The second-order valence-corrected chi connectivity index (χ2v) is 7.47. The van der Waals surface area contributed by atoms with Crippen LogP contribution >= 0.6 is 11.3 Å². The van der Waals surface area contributed by atoms with Crippen molar-refractivity contribution in [2.45, 2.75) is 17.3 Å². The lowest BCUT2D eigenvalue weighted by molar-refractivity contribution is -0.136. The third-order valence-corrected chi connectivity index (χ3v) is 5.47. The van der Waals surface area contributed by atoms with Crippen molar-refractivity contribution in [3.63, 3.8) is 0 Å². The summed E-state index contributed by atoms with van der Waals surface area (Å²) in [5, 5.41) is 0. The Hall–Kier alpha value is -1.74. The Balaban J connectivity index is 2.36. The minimum absolute atomic E-state index is 0.0328. The minimum Gasteiger partial charge on any atom is -0.398 e. The van der Waals surface area contributed by atoms with Crippen LogP contribution in [0.25, 0.3) is 0 Å². The topological polar surface area (TPSA) is 72.2 Å². The summed E-state index contributed by atoms with van der Waals surface area (Å²) in [6.07, 6.45) is -4.65. The summed E-state index contributed by atoms with van der Waals surface area (Å²) in [6.45, 7) is 1.73. The largest absolute Gasteiger partial charge is 0.418 e. The van der Waals surface area contributed by atoms with E-state index in [1.807, 2.05) is 0 Å². The predicted molar refractivity (Wildman–Crippen MR) is 75.7 cm³/mol. The Morgan fingerprint density at radius 2 is 1.86 bits per heavy atom. The minimum atomic E-state index is -4.65. The van der Waals surface area contributed by atoms with E-state index in [2.05, 4.69) is 4.72 Å². The Morgan fingerprint density at radius 1 is 1.19 bits per heavy atom. The van der Waals surface area contributed by atoms with E-state index in [-0.39, 0.29) is 9.90 Å². The molecule has 1 heterocycles. The number of alkyl halides is 3. The third kappa shape index (κ3) is 3.48. The summed E-state index contributed by atoms with van der Waals surface area (Å²) < 4.78 is 64.4. The molecule has 0 atom stereocenters. The van der Waals surface area contributed by atoms with Gasteiger partial charge in [-0.25, -0.2) is 8.42 Å². The van der Waals surface area contributed by atoms with Crippen LogP contribution < -0.4 is 10.5 Å². The molecule has 0 aliphatic carbocycles. The molecule has 0 amide bonds. The summed E-state index contributed by atoms with van der Waals surface area (Å²) in [6, 6.07) is 5.88. The molecule has 0 saturated heterocycles. The van der Waals surface area contributed by atoms with E-state index in [0.29, 0.717) is 6.07 Å². The van der Waals surface area contributed by atoms with E-state index < -0.39 is 27.5 Å². The Kier molecular flexibility index (Phi) is 3.89. The van der Waals surface area contributed by atoms with Gasteiger partial charge in [-0.1, -0.05) is 0 Å². The number of aryl methyl sites for hydroxylation is 1. The molecule has 0 unspecified atom stereocenters. The first kappa shape index (κ1) is 15.6. The number of nitrogens with two attached hydrogens (primary N) is 1. The van der Waals surface area contributed by atoms with Crippen molar-refractivity contribution in [3.8, 4) is 0 Å². The molecule has 4 nitrogen and oxygen atoms in total. The lowest BCUT2D eigenvalue weighted by atomic mass is 10.1. The number of nitrogen functional groups attached to an aromatic ring is 1. The number of anilines is 2. The van der Waals surface area contributed by atoms with Crippen molar-refractivity contribution in [1.29, 1.82) is 0 Å². The number of sulfonamides is 1. The first-order valence-electron chi connectivity index (χ1n) is 5.65. The number of thiophene rings is 1. The molecule has 0 aliphatic rings. The van der Waals surface area contributed by atoms with Crippen LogP contribution in [0.1, 0.15) is 10.4 Å². The highest BCUT2D eigenvalue weighted by atomic mass is 32.2. The second-order valence-electron chi connectivity index (χ2n) is 4.27. The van der Waals surface area contributed by atoms with Crippen LogP contribution in [0.5, 0.6) is 0 Å². The zero-order valence-electron chi connectivity index (χ0n) is 10.7. The van der Waals surface area contributed by atoms with E-state index in [1.165, 1.54) is 12.1 Å². The fraction of sp³-hybridized carbons (Fsp3) is 0.167. The molecule has 2 aromatic rings. The normalized spacial score (nSPS) is 12.4. The van der Waals surface area contributed by atoms with Crippen molar-refractivity contribution >= 4 is 32.7 Å². The number of benzene rings is 1. The number of halogens is 3. The van der Waals surface area contributed by atoms with Gasteiger partial charge in [0.15, 0.2) is 0 Å². The zero-order chi connectivity index (χ0) is 15.8. The van der Waals surface area contributed by atoms with Gasteiger partial charge in [0.1, 0.15) is 4.21 Å². The van der Waals surface area contributed by atoms with Gasteiger partial charge in [-0.15, -0.1) is 11.3 Å². The molecule has 1 aromatic heterocycles. The third-order valence-electron chi connectivity index (χ3n) is 2.59. The average Bonchev–Trinajstić information content (AvgIpc) is 2.77. The van der Waals surface area contributed by atoms with Gasteiger partial charge in [0.2, 0.25) is 0 Å². The summed E-state index contributed by atoms with van der Waals surface area (Å²) in [5.74, 6) is 0. The summed E-state index contributed by atoms with van der Waals surface area (Å²) in [7, 11) is -3.91. The lowest BCUT2D eigenvalue weighted by Gasteiger charge is -2.12. The molecule has 0 aliphatic heterocycles. The Morgan fingerprint density at radius 3 is 2.38 bits per heavy atom. The van der Waals surface area contributed by atoms with Crippen molar-refractivity contribution in [3.05, 3.63) is 40.8 Å². The summed E-state index contributed by atoms with van der Waals surface area (Å²) in [4.78, 5) is 0.781. The number of rotatable bonds is 3. The van der Waals surface area contributed by atoms with Gasteiger partial charge in [0, 0.05) is 16.3 Å². The zero-order valence-corrected chi connectivity index (χ0v) is 12.4. The molecule has 114 valence electrons. The molecule has 21 heavy (non-hydrogen) atoms. The lowest BCUT2D eigenvalue weighted by Crippen LogP contribution is -2.14. The van der Waals surface area contributed by atoms with Crippen molar-refractivity contribution in [2.24, 2.45) is 0 Å². The van der Waals surface area contributed by atoms with Crippen LogP contribution in [0.4, 0.5) is 24.5 Å². The molecule has 1 aromatic carbocycles. The van der Waals surface area contributed by atoms with E-state index in [9.17, 15) is 21.6 Å². The monoisotopic (exact) mass is 336 g/mol. The van der Waals surface area contributed by atoms with Gasteiger partial charge in [0.05, 0.1) is 5.56 Å². The summed E-state index contributed by atoms with van der Waals surface area (Å²) >= 11 is 1.03. The smallest absolute Gasteiger partial charge is 0.398 e. The Labute approximate surface area is 123 Å². The van der Waals surface area contributed by atoms with Gasteiger partial charge < -0.3 is 5.73 Å². The van der Waals surface area contributed by atoms with Crippen molar-refractivity contribution in [2.75, 3.05) is 10.5 Å². The highest BCUT2D eigenvalue weighted by Crippen LogP contribution is 2.35. The predicted octanol–water partition coefficient (Wildman–Crippen LogP) is 3.46. The maximum Gasteiger partial charge on any atom is 0.418 e. The Bertz CT molecular complexity index is 767. The highest BCUT2D eigenvalue weighted by molar-refractivity contribution is 7.94. The fourth-order valence-corrected chi connectivity index (χ4v) is 3.96. The summed E-state index contributed by atoms with van der Waals surface area (Å²) in [5.41, 5.74) is 3.53. The van der Waals surface area contributed by atoms with Crippen molar-refractivity contribution in [1.82, 2.24) is 0 Å². The molecule has 0 radical (unpaired) electrons. The molecule has 2 rings (SSSR count). The first-order valence-corrected chi connectivity index (χ1v) is 7.95. The van der Waals surface area contributed by atoms with Gasteiger partial charge in [0.25, 0.3) is 10.0 Å². The average molecular weight is 336 g/mol. The van der Waals surface area contributed by atoms with Crippen molar-refractivity contribution < 1.29 is 21.6 Å². The van der Waals surface area contributed by atoms with Crippen LogP contribution in [0.15, 0.2) is 34.5 Å². The molecular weight excluding hydrogens is 325 g/mol. The van der Waals surface area contributed by atoms with Gasteiger partial charge in [-0.05, 0) is 37.3 Å². The van der Waals surface area contributed by atoms with Gasteiger partial charge in [-0.3, -0.25) is 4.72 Å². The van der Waals surface area contributed by atoms with Crippen LogP contribution in [0.3, 0.4) is 0 Å². The van der Waals surface area contributed by atoms with Gasteiger partial charge >= 0.3 is 6.18 Å². The second kappa shape index (κ2) is 5.23. The molecule has 0 bridgehead atoms. The van der Waals surface area contributed by atoms with Crippen LogP contribution in [-0.2, 0) is 16.2 Å². The number of nitrogens with one attached hydrogen (secondary N) is 1. The molecule has 0 saturated carbocycles. The first-order chi connectivity index (χ1) is 9.59. The maximum atomic E-state index is 12.7. The fourth-order valence-electron chi connectivity index (χ4n) is 1.63. The van der Waals surface area contributed by atoms with Crippen LogP contribution in [0, 0.1) is 6.92 Å². The number of hydrogen-bond donors (Lipinski definition) is 2. The van der Waals surface area contributed by atoms with E-state index in [1.54, 1.807) is 13.0 Å². The standard InChI is InChI=1S/C12H11F3N2O2S2/c1-7-2-5-11(20-7)21(18,19)17-8-3-4-10(16)9(6-8)12(13,14)15/h2-6,17H,16H2,1H3. The van der Waals surface area contributed by atoms with E-state index in [0.717, 1.165) is 22.3 Å².